The normalized spacial score (nSPS) is 15.8. The van der Waals surface area contributed by atoms with Gasteiger partial charge < -0.3 is 19.5 Å². The van der Waals surface area contributed by atoms with Crippen molar-refractivity contribution >= 4 is 23.7 Å². The van der Waals surface area contributed by atoms with Crippen LogP contribution >= 0.6 is 11.8 Å². The molecule has 27 heavy (non-hydrogen) atoms. The predicted octanol–water partition coefficient (Wildman–Crippen LogP) is 2.87. The number of anilines is 1. The Labute approximate surface area is 161 Å². The lowest BCUT2D eigenvalue weighted by Gasteiger charge is -2.29. The molecule has 9 heteroatoms. The largest absolute Gasteiger partial charge is 0.493 e. The molecule has 0 unspecified atom stereocenters. The topological polar surface area (TPSA) is 87.5 Å². The molecule has 0 saturated heterocycles. The number of carbonyl (C=O) groups is 1. The van der Waals surface area contributed by atoms with Gasteiger partial charge in [-0.2, -0.15) is 4.98 Å². The summed E-state index contributed by atoms with van der Waals surface area (Å²) in [4.78, 5) is 17.2. The highest BCUT2D eigenvalue weighted by atomic mass is 32.2. The van der Waals surface area contributed by atoms with Gasteiger partial charge in [0.15, 0.2) is 11.5 Å². The van der Waals surface area contributed by atoms with Crippen molar-refractivity contribution in [2.45, 2.75) is 24.5 Å². The second kappa shape index (κ2) is 7.91. The molecule has 0 saturated carbocycles. The van der Waals surface area contributed by atoms with Crippen molar-refractivity contribution in [3.8, 4) is 11.5 Å². The first-order valence-corrected chi connectivity index (χ1v) is 9.61. The Bertz CT molecular complexity index is 893. The Morgan fingerprint density at radius 3 is 2.67 bits per heavy atom. The number of esters is 1. The molecule has 144 valence electrons. The highest BCUT2D eigenvalue weighted by molar-refractivity contribution is 7.98. The zero-order valence-corrected chi connectivity index (χ0v) is 16.7. The third-order valence-electron chi connectivity index (χ3n) is 4.39. The molecule has 0 fully saturated rings. The Kier molecular flexibility index (Phi) is 5.59. The van der Waals surface area contributed by atoms with Crippen molar-refractivity contribution in [1.82, 2.24) is 14.8 Å². The molecule has 2 aromatic rings. The first-order valence-electron chi connectivity index (χ1n) is 8.39. The summed E-state index contributed by atoms with van der Waals surface area (Å²) in [5, 5.41) is 8.38. The van der Waals surface area contributed by atoms with E-state index in [-0.39, 0.29) is 0 Å². The monoisotopic (exact) mass is 390 g/mol. The minimum absolute atomic E-state index is 0.430. The summed E-state index contributed by atoms with van der Waals surface area (Å²) in [5.41, 5.74) is 1.95. The highest BCUT2D eigenvalue weighted by Gasteiger charge is 2.37. The summed E-state index contributed by atoms with van der Waals surface area (Å²) < 4.78 is 17.8. The zero-order valence-electron chi connectivity index (χ0n) is 15.9. The van der Waals surface area contributed by atoms with Gasteiger partial charge in [-0.15, -0.1) is 5.10 Å². The van der Waals surface area contributed by atoms with Crippen molar-refractivity contribution in [3.63, 3.8) is 0 Å². The summed E-state index contributed by atoms with van der Waals surface area (Å²) in [5.74, 6) is 1.25. The molecule has 1 aliphatic rings. The minimum atomic E-state index is -0.554. The lowest BCUT2D eigenvalue weighted by atomic mass is 9.93. The molecule has 0 amide bonds. The summed E-state index contributed by atoms with van der Waals surface area (Å²) in [6.45, 7) is 1.96. The average Bonchev–Trinajstić information content (AvgIpc) is 3.13. The van der Waals surface area contributed by atoms with E-state index in [1.165, 1.54) is 18.9 Å². The van der Waals surface area contributed by atoms with Crippen molar-refractivity contribution in [3.05, 3.63) is 35.0 Å². The average molecular weight is 390 g/mol. The number of ether oxygens (including phenoxy) is 3. The number of hydrogen-bond acceptors (Lipinski definition) is 8. The van der Waals surface area contributed by atoms with Crippen LogP contribution in [0.5, 0.6) is 11.5 Å². The van der Waals surface area contributed by atoms with Gasteiger partial charge >= 0.3 is 5.97 Å². The lowest BCUT2D eigenvalue weighted by Crippen LogP contribution is -2.30. The first-order chi connectivity index (χ1) is 13.1. The van der Waals surface area contributed by atoms with Crippen molar-refractivity contribution in [2.24, 2.45) is 0 Å². The van der Waals surface area contributed by atoms with Crippen molar-refractivity contribution in [1.29, 1.82) is 0 Å². The van der Waals surface area contributed by atoms with E-state index in [4.69, 9.17) is 14.2 Å². The standard InChI is InChI=1S/C18H22N4O4S/c1-6-11-13(16(23)26-4)14(22-17(19-11)20-18(21-22)27-5)10-8-7-9-12(24-2)15(10)25-3/h7-9,14H,6H2,1-5H3,(H,19,20,21)/t14-/m1/s1. The second-order valence-electron chi connectivity index (χ2n) is 5.71. The zero-order chi connectivity index (χ0) is 19.6. The van der Waals surface area contributed by atoms with E-state index in [0.717, 1.165) is 11.3 Å². The van der Waals surface area contributed by atoms with E-state index in [9.17, 15) is 4.79 Å². The van der Waals surface area contributed by atoms with Crippen LogP contribution in [0.4, 0.5) is 5.95 Å². The number of rotatable bonds is 6. The Morgan fingerprint density at radius 1 is 1.30 bits per heavy atom. The Balaban J connectivity index is 2.30. The number of para-hydroxylation sites is 1. The molecule has 2 heterocycles. The van der Waals surface area contributed by atoms with Gasteiger partial charge in [-0.3, -0.25) is 0 Å². The van der Waals surface area contributed by atoms with Gasteiger partial charge in [0.05, 0.1) is 26.9 Å². The number of methoxy groups -OCH3 is 3. The summed E-state index contributed by atoms with van der Waals surface area (Å²) >= 11 is 1.43. The van der Waals surface area contributed by atoms with Gasteiger partial charge in [0.2, 0.25) is 11.1 Å². The van der Waals surface area contributed by atoms with E-state index >= 15 is 0 Å². The lowest BCUT2D eigenvalue weighted by molar-refractivity contribution is -0.136. The van der Waals surface area contributed by atoms with E-state index in [1.54, 1.807) is 25.0 Å². The smallest absolute Gasteiger partial charge is 0.338 e. The summed E-state index contributed by atoms with van der Waals surface area (Å²) in [6.07, 6.45) is 2.51. The van der Waals surface area contributed by atoms with Crippen LogP contribution in [0.15, 0.2) is 34.6 Å². The number of carbonyl (C=O) groups excluding carboxylic acids is 1. The van der Waals surface area contributed by atoms with Crippen LogP contribution < -0.4 is 14.8 Å². The number of hydrogen-bond donors (Lipinski definition) is 1. The molecule has 3 rings (SSSR count). The second-order valence-corrected chi connectivity index (χ2v) is 6.49. The molecule has 1 aromatic carbocycles. The van der Waals surface area contributed by atoms with Gasteiger partial charge in [0.1, 0.15) is 6.04 Å². The fourth-order valence-electron chi connectivity index (χ4n) is 3.18. The van der Waals surface area contributed by atoms with Gasteiger partial charge in [-0.1, -0.05) is 30.8 Å². The van der Waals surface area contributed by atoms with Crippen LogP contribution in [-0.2, 0) is 9.53 Å². The minimum Gasteiger partial charge on any atom is -0.493 e. The first kappa shape index (κ1) is 19.1. The molecule has 0 radical (unpaired) electrons. The molecule has 0 spiro atoms. The number of benzene rings is 1. The van der Waals surface area contributed by atoms with E-state index < -0.39 is 12.0 Å². The summed E-state index contributed by atoms with van der Waals surface area (Å²) in [6, 6.07) is 4.99. The maximum atomic E-state index is 12.7. The maximum Gasteiger partial charge on any atom is 0.338 e. The molecule has 1 N–H and O–H groups in total. The van der Waals surface area contributed by atoms with Crippen LogP contribution in [0.3, 0.4) is 0 Å². The predicted molar refractivity (Wildman–Crippen MR) is 102 cm³/mol. The Hall–Kier alpha value is -2.68. The fraction of sp³-hybridized carbons (Fsp3) is 0.389. The quantitative estimate of drug-likeness (QED) is 0.595. The van der Waals surface area contributed by atoms with Crippen molar-refractivity contribution in [2.75, 3.05) is 32.9 Å². The SMILES string of the molecule is CCC1=C(C(=O)OC)[C@@H](c2cccc(OC)c2OC)n2nc(SC)nc2N1. The number of nitrogens with one attached hydrogen (secondary N) is 1. The highest BCUT2D eigenvalue weighted by Crippen LogP contribution is 2.43. The molecule has 0 aliphatic carbocycles. The van der Waals surface area contributed by atoms with E-state index in [2.05, 4.69) is 15.4 Å². The van der Waals surface area contributed by atoms with Crippen LogP contribution in [0.2, 0.25) is 0 Å². The van der Waals surface area contributed by atoms with Crippen LogP contribution in [-0.4, -0.2) is 48.3 Å². The molecule has 1 aromatic heterocycles. The number of thioether (sulfide) groups is 1. The van der Waals surface area contributed by atoms with Gasteiger partial charge in [-0.25, -0.2) is 9.48 Å². The molecule has 0 bridgehead atoms. The van der Waals surface area contributed by atoms with Gasteiger partial charge in [0.25, 0.3) is 0 Å². The third kappa shape index (κ3) is 3.23. The summed E-state index contributed by atoms with van der Waals surface area (Å²) in [7, 11) is 4.51. The molecular formula is C18H22N4O4S. The van der Waals surface area contributed by atoms with Crippen LogP contribution in [0.1, 0.15) is 24.9 Å². The fourth-order valence-corrected chi connectivity index (χ4v) is 3.53. The molecule has 1 aliphatic heterocycles. The van der Waals surface area contributed by atoms with Crippen LogP contribution in [0, 0.1) is 0 Å². The van der Waals surface area contributed by atoms with Crippen molar-refractivity contribution < 1.29 is 19.0 Å². The molecular weight excluding hydrogens is 368 g/mol. The van der Waals surface area contributed by atoms with Crippen LogP contribution in [0.25, 0.3) is 0 Å². The van der Waals surface area contributed by atoms with E-state index in [0.29, 0.717) is 34.6 Å². The maximum absolute atomic E-state index is 12.7. The number of fused-ring (bicyclic) bond motifs is 1. The van der Waals surface area contributed by atoms with E-state index in [1.807, 2.05) is 25.3 Å². The number of nitrogens with zero attached hydrogens (tertiary/aromatic N) is 3. The Morgan fingerprint density at radius 2 is 2.07 bits per heavy atom. The third-order valence-corrected chi connectivity index (χ3v) is 4.93. The van der Waals surface area contributed by atoms with Gasteiger partial charge in [-0.05, 0) is 18.7 Å². The number of allylic oxidation sites excluding steroid dienone is 1. The van der Waals surface area contributed by atoms with Gasteiger partial charge in [0, 0.05) is 11.3 Å². The number of aromatic nitrogens is 3. The molecule has 1 atom stereocenters. The molecule has 8 nitrogen and oxygen atoms in total.